The first-order valence-corrected chi connectivity index (χ1v) is 9.96. The number of sulfonamides is 1. The number of rotatable bonds is 2. The van der Waals surface area contributed by atoms with E-state index in [1.54, 1.807) is 16.4 Å². The molecular formula is C14H18Br2N2O2S. The Morgan fingerprint density at radius 3 is 2.67 bits per heavy atom. The molecule has 2 fully saturated rings. The van der Waals surface area contributed by atoms with E-state index in [2.05, 4.69) is 37.2 Å². The number of hydrogen-bond donors (Lipinski definition) is 1. The van der Waals surface area contributed by atoms with Gasteiger partial charge in [-0.1, -0.05) is 15.9 Å². The van der Waals surface area contributed by atoms with Crippen LogP contribution in [-0.4, -0.2) is 37.9 Å². The summed E-state index contributed by atoms with van der Waals surface area (Å²) in [7, 11) is -3.51. The van der Waals surface area contributed by atoms with Crippen LogP contribution in [0.5, 0.6) is 0 Å². The maximum Gasteiger partial charge on any atom is 0.244 e. The van der Waals surface area contributed by atoms with Gasteiger partial charge in [0.05, 0.1) is 4.90 Å². The zero-order chi connectivity index (χ0) is 15.4. The Kier molecular flexibility index (Phi) is 4.02. The molecule has 0 saturated carbocycles. The second-order valence-corrected chi connectivity index (χ2v) is 9.89. The summed E-state index contributed by atoms with van der Waals surface area (Å²) in [6, 6.07) is 5.27. The third-order valence-electron chi connectivity index (χ3n) is 4.75. The lowest BCUT2D eigenvalue weighted by Crippen LogP contribution is -2.47. The van der Waals surface area contributed by atoms with Gasteiger partial charge in [-0.3, -0.25) is 0 Å². The highest BCUT2D eigenvalue weighted by Crippen LogP contribution is 2.44. The van der Waals surface area contributed by atoms with Crippen molar-refractivity contribution in [2.45, 2.75) is 24.3 Å². The molecule has 1 aromatic carbocycles. The molecule has 0 radical (unpaired) electrons. The van der Waals surface area contributed by atoms with Crippen molar-refractivity contribution in [3.63, 3.8) is 0 Å². The molecule has 2 aliphatic heterocycles. The Balaban J connectivity index is 2.05. The molecule has 116 valence electrons. The zero-order valence-electron chi connectivity index (χ0n) is 11.9. The van der Waals surface area contributed by atoms with Crippen LogP contribution in [0.3, 0.4) is 0 Å². The Hall–Kier alpha value is 0.0500. The van der Waals surface area contributed by atoms with E-state index >= 15 is 0 Å². The molecule has 3 rings (SSSR count). The highest BCUT2D eigenvalue weighted by Gasteiger charge is 2.54. The first-order valence-electron chi connectivity index (χ1n) is 6.93. The lowest BCUT2D eigenvalue weighted by atomic mass is 9.85. The van der Waals surface area contributed by atoms with E-state index in [1.165, 1.54) is 0 Å². The van der Waals surface area contributed by atoms with Crippen molar-refractivity contribution in [3.8, 4) is 0 Å². The van der Waals surface area contributed by atoms with Crippen LogP contribution >= 0.6 is 31.9 Å². The fourth-order valence-corrected chi connectivity index (χ4v) is 6.93. The molecule has 0 aromatic heterocycles. The van der Waals surface area contributed by atoms with E-state index in [0.29, 0.717) is 27.7 Å². The minimum Gasteiger partial charge on any atom is -0.316 e. The molecule has 0 spiro atoms. The fraction of sp³-hybridized carbons (Fsp3) is 0.571. The van der Waals surface area contributed by atoms with Crippen LogP contribution in [0.15, 0.2) is 32.0 Å². The largest absolute Gasteiger partial charge is 0.316 e. The van der Waals surface area contributed by atoms with Crippen molar-refractivity contribution in [2.24, 2.45) is 11.8 Å². The molecule has 2 saturated heterocycles. The maximum atomic E-state index is 13.1. The van der Waals surface area contributed by atoms with Crippen molar-refractivity contribution in [2.75, 3.05) is 19.6 Å². The van der Waals surface area contributed by atoms with Crippen molar-refractivity contribution in [1.82, 2.24) is 9.62 Å². The lowest BCUT2D eigenvalue weighted by molar-refractivity contribution is 0.233. The monoisotopic (exact) mass is 436 g/mol. The normalized spacial score (nSPS) is 28.8. The van der Waals surface area contributed by atoms with Crippen LogP contribution in [0.1, 0.15) is 13.8 Å². The summed E-state index contributed by atoms with van der Waals surface area (Å²) in [4.78, 5) is 0.331. The van der Waals surface area contributed by atoms with E-state index < -0.39 is 10.0 Å². The van der Waals surface area contributed by atoms with E-state index in [0.717, 1.165) is 17.6 Å². The smallest absolute Gasteiger partial charge is 0.244 e. The summed E-state index contributed by atoms with van der Waals surface area (Å²) in [6.07, 6.45) is 0. The van der Waals surface area contributed by atoms with Crippen LogP contribution < -0.4 is 5.32 Å². The van der Waals surface area contributed by atoms with Gasteiger partial charge in [0.2, 0.25) is 10.0 Å². The first kappa shape index (κ1) is 15.9. The minimum atomic E-state index is -3.51. The molecule has 4 nitrogen and oxygen atoms in total. The number of benzene rings is 1. The van der Waals surface area contributed by atoms with E-state index in [-0.39, 0.29) is 5.54 Å². The topological polar surface area (TPSA) is 49.4 Å². The van der Waals surface area contributed by atoms with E-state index in [1.807, 2.05) is 19.9 Å². The van der Waals surface area contributed by atoms with E-state index in [9.17, 15) is 8.42 Å². The number of nitrogens with one attached hydrogen (secondary N) is 1. The minimum absolute atomic E-state index is 0.331. The molecule has 0 bridgehead atoms. The van der Waals surface area contributed by atoms with Gasteiger partial charge in [-0.15, -0.1) is 0 Å². The summed E-state index contributed by atoms with van der Waals surface area (Å²) >= 11 is 6.73. The van der Waals surface area contributed by atoms with Gasteiger partial charge < -0.3 is 5.32 Å². The van der Waals surface area contributed by atoms with Gasteiger partial charge >= 0.3 is 0 Å². The highest BCUT2D eigenvalue weighted by atomic mass is 79.9. The Bertz CT molecular complexity index is 676. The third-order valence-corrected chi connectivity index (χ3v) is 8.29. The fourth-order valence-electron chi connectivity index (χ4n) is 3.59. The molecule has 7 heteroatoms. The van der Waals surface area contributed by atoms with Gasteiger partial charge in [-0.05, 0) is 66.4 Å². The zero-order valence-corrected chi connectivity index (χ0v) is 15.9. The average Bonchev–Trinajstić information content (AvgIpc) is 2.95. The molecule has 21 heavy (non-hydrogen) atoms. The van der Waals surface area contributed by atoms with Crippen molar-refractivity contribution >= 4 is 41.9 Å². The van der Waals surface area contributed by atoms with Crippen molar-refractivity contribution < 1.29 is 8.42 Å². The third kappa shape index (κ3) is 2.51. The van der Waals surface area contributed by atoms with Gasteiger partial charge in [0.25, 0.3) is 0 Å². The number of halogens is 2. The number of nitrogens with zero attached hydrogens (tertiary/aromatic N) is 1. The number of fused-ring (bicyclic) bond motifs is 1. The van der Waals surface area contributed by atoms with Gasteiger partial charge in [-0.25, -0.2) is 8.42 Å². The second-order valence-electron chi connectivity index (χ2n) is 6.29. The van der Waals surface area contributed by atoms with Crippen LogP contribution in [0.25, 0.3) is 0 Å². The maximum absolute atomic E-state index is 13.1. The summed E-state index contributed by atoms with van der Waals surface area (Å²) < 4.78 is 29.3. The molecular weight excluding hydrogens is 420 g/mol. The van der Waals surface area contributed by atoms with Crippen LogP contribution in [-0.2, 0) is 10.0 Å². The van der Waals surface area contributed by atoms with E-state index in [4.69, 9.17) is 0 Å². The summed E-state index contributed by atoms with van der Waals surface area (Å²) in [5.41, 5.74) is -0.366. The SMILES string of the molecule is CC1(C)C2CNCC2CN1S(=O)(=O)c1cc(Br)ccc1Br. The van der Waals surface area contributed by atoms with Gasteiger partial charge in [0, 0.05) is 27.6 Å². The molecule has 2 heterocycles. The molecule has 1 aromatic rings. The Labute approximate surface area is 142 Å². The second kappa shape index (κ2) is 5.30. The molecule has 0 aliphatic carbocycles. The molecule has 2 aliphatic rings. The van der Waals surface area contributed by atoms with Gasteiger partial charge in [0.1, 0.15) is 0 Å². The predicted octanol–water partition coefficient (Wildman–Crippen LogP) is 2.83. The van der Waals surface area contributed by atoms with Crippen molar-refractivity contribution in [3.05, 3.63) is 27.1 Å². The summed E-state index contributed by atoms with van der Waals surface area (Å²) in [6.45, 7) is 6.46. The first-order chi connectivity index (χ1) is 9.74. The highest BCUT2D eigenvalue weighted by molar-refractivity contribution is 9.11. The molecule has 0 amide bonds. The molecule has 2 atom stereocenters. The number of hydrogen-bond acceptors (Lipinski definition) is 3. The summed E-state index contributed by atoms with van der Waals surface area (Å²) in [5, 5.41) is 3.37. The van der Waals surface area contributed by atoms with Gasteiger partial charge in [0.15, 0.2) is 0 Å². The molecule has 2 unspecified atom stereocenters. The molecule has 1 N–H and O–H groups in total. The van der Waals surface area contributed by atoms with Crippen LogP contribution in [0, 0.1) is 11.8 Å². The predicted molar refractivity (Wildman–Crippen MR) is 89.7 cm³/mol. The lowest BCUT2D eigenvalue weighted by Gasteiger charge is -2.34. The standard InChI is InChI=1S/C14H18Br2N2O2S/c1-14(2)11-7-17-6-9(11)8-18(14)21(19,20)13-5-10(15)3-4-12(13)16/h3-5,9,11,17H,6-8H2,1-2H3. The quantitative estimate of drug-likeness (QED) is 0.773. The Morgan fingerprint density at radius 1 is 1.29 bits per heavy atom. The summed E-state index contributed by atoms with van der Waals surface area (Å²) in [5.74, 6) is 0.777. The Morgan fingerprint density at radius 2 is 2.00 bits per heavy atom. The van der Waals surface area contributed by atoms with Crippen LogP contribution in [0.2, 0.25) is 0 Å². The van der Waals surface area contributed by atoms with Gasteiger partial charge in [-0.2, -0.15) is 4.31 Å². The average molecular weight is 438 g/mol. The van der Waals surface area contributed by atoms with Crippen molar-refractivity contribution in [1.29, 1.82) is 0 Å². The van der Waals surface area contributed by atoms with Crippen LogP contribution in [0.4, 0.5) is 0 Å².